The van der Waals surface area contributed by atoms with Gasteiger partial charge in [-0.1, -0.05) is 61.0 Å². The minimum atomic E-state index is 0.380. The van der Waals surface area contributed by atoms with Crippen LogP contribution in [-0.2, 0) is 13.0 Å². The van der Waals surface area contributed by atoms with Crippen LogP contribution < -0.4 is 5.32 Å². The van der Waals surface area contributed by atoms with Gasteiger partial charge in [0, 0.05) is 12.6 Å². The maximum Gasteiger partial charge on any atom is 0.0294 e. The van der Waals surface area contributed by atoms with Gasteiger partial charge in [0.25, 0.3) is 0 Å². The zero-order valence-corrected chi connectivity index (χ0v) is 12.1. The second-order valence-corrected chi connectivity index (χ2v) is 5.14. The third kappa shape index (κ3) is 3.68. The van der Waals surface area contributed by atoms with Crippen LogP contribution in [0.3, 0.4) is 0 Å². The summed E-state index contributed by atoms with van der Waals surface area (Å²) in [5.74, 6) is 0. The van der Waals surface area contributed by atoms with Crippen molar-refractivity contribution < 1.29 is 0 Å². The summed E-state index contributed by atoms with van der Waals surface area (Å²) in [6, 6.07) is 17.8. The molecule has 2 aromatic rings. The lowest BCUT2D eigenvalue weighted by atomic mass is 10.0. The van der Waals surface area contributed by atoms with Gasteiger partial charge >= 0.3 is 0 Å². The van der Waals surface area contributed by atoms with Crippen molar-refractivity contribution >= 4 is 0 Å². The Balaban J connectivity index is 2.00. The van der Waals surface area contributed by atoms with Crippen LogP contribution in [0.1, 0.15) is 42.1 Å². The largest absolute Gasteiger partial charge is 0.306 e. The summed E-state index contributed by atoms with van der Waals surface area (Å²) in [6.45, 7) is 7.49. The zero-order valence-electron chi connectivity index (χ0n) is 12.1. The molecular weight excluding hydrogens is 230 g/mol. The SMILES string of the molecule is CCc1ccccc1CNC(C)c1ccc(C)cc1. The number of rotatable bonds is 5. The van der Waals surface area contributed by atoms with Crippen LogP contribution in [0.4, 0.5) is 0 Å². The predicted molar refractivity (Wildman–Crippen MR) is 82.3 cm³/mol. The van der Waals surface area contributed by atoms with Gasteiger partial charge in [0.05, 0.1) is 0 Å². The molecule has 1 heteroatoms. The molecule has 0 aliphatic heterocycles. The maximum atomic E-state index is 3.61. The summed E-state index contributed by atoms with van der Waals surface area (Å²) in [5, 5.41) is 3.61. The third-order valence-electron chi connectivity index (χ3n) is 3.68. The molecule has 0 bridgehead atoms. The molecule has 19 heavy (non-hydrogen) atoms. The molecule has 0 saturated carbocycles. The molecule has 2 aromatic carbocycles. The fourth-order valence-corrected chi connectivity index (χ4v) is 2.31. The Morgan fingerprint density at radius 2 is 1.58 bits per heavy atom. The van der Waals surface area contributed by atoms with Crippen LogP contribution in [0.5, 0.6) is 0 Å². The van der Waals surface area contributed by atoms with Crippen LogP contribution >= 0.6 is 0 Å². The number of benzene rings is 2. The van der Waals surface area contributed by atoms with E-state index in [0.29, 0.717) is 6.04 Å². The van der Waals surface area contributed by atoms with E-state index >= 15 is 0 Å². The standard InChI is InChI=1S/C18H23N/c1-4-16-7-5-6-8-18(16)13-19-15(3)17-11-9-14(2)10-12-17/h5-12,15,19H,4,13H2,1-3H3. The van der Waals surface area contributed by atoms with Gasteiger partial charge in [-0.15, -0.1) is 0 Å². The fraction of sp³-hybridized carbons (Fsp3) is 0.333. The molecule has 0 fully saturated rings. The van der Waals surface area contributed by atoms with Crippen LogP contribution in [-0.4, -0.2) is 0 Å². The van der Waals surface area contributed by atoms with E-state index in [0.717, 1.165) is 13.0 Å². The highest BCUT2D eigenvalue weighted by molar-refractivity contribution is 5.28. The first-order chi connectivity index (χ1) is 9.20. The highest BCUT2D eigenvalue weighted by Crippen LogP contribution is 2.15. The monoisotopic (exact) mass is 253 g/mol. The molecule has 2 rings (SSSR count). The lowest BCUT2D eigenvalue weighted by Gasteiger charge is -2.16. The van der Waals surface area contributed by atoms with Crippen molar-refractivity contribution in [2.45, 2.75) is 39.8 Å². The van der Waals surface area contributed by atoms with E-state index in [-0.39, 0.29) is 0 Å². The van der Waals surface area contributed by atoms with E-state index in [1.165, 1.54) is 22.3 Å². The highest BCUT2D eigenvalue weighted by atomic mass is 14.9. The summed E-state index contributed by atoms with van der Waals surface area (Å²) in [7, 11) is 0. The fourth-order valence-electron chi connectivity index (χ4n) is 2.31. The Morgan fingerprint density at radius 1 is 0.947 bits per heavy atom. The molecule has 0 aliphatic carbocycles. The second kappa shape index (κ2) is 6.53. The molecule has 100 valence electrons. The summed E-state index contributed by atoms with van der Waals surface area (Å²) < 4.78 is 0. The molecule has 0 saturated heterocycles. The Kier molecular flexibility index (Phi) is 4.75. The summed E-state index contributed by atoms with van der Waals surface area (Å²) in [5.41, 5.74) is 5.50. The van der Waals surface area contributed by atoms with E-state index in [4.69, 9.17) is 0 Å². The average molecular weight is 253 g/mol. The molecule has 0 radical (unpaired) electrons. The first-order valence-corrected chi connectivity index (χ1v) is 7.07. The molecule has 0 heterocycles. The Morgan fingerprint density at radius 3 is 2.21 bits per heavy atom. The van der Waals surface area contributed by atoms with Gasteiger partial charge in [0.2, 0.25) is 0 Å². The minimum Gasteiger partial charge on any atom is -0.306 e. The van der Waals surface area contributed by atoms with E-state index in [1.807, 2.05) is 0 Å². The molecule has 1 N–H and O–H groups in total. The lowest BCUT2D eigenvalue weighted by Crippen LogP contribution is -2.18. The first-order valence-electron chi connectivity index (χ1n) is 7.07. The van der Waals surface area contributed by atoms with Crippen molar-refractivity contribution in [3.63, 3.8) is 0 Å². The van der Waals surface area contributed by atoms with Crippen LogP contribution in [0.2, 0.25) is 0 Å². The molecule has 1 unspecified atom stereocenters. The lowest BCUT2D eigenvalue weighted by molar-refractivity contribution is 0.572. The highest BCUT2D eigenvalue weighted by Gasteiger charge is 2.05. The Labute approximate surface area is 116 Å². The van der Waals surface area contributed by atoms with Crippen molar-refractivity contribution in [1.29, 1.82) is 0 Å². The summed E-state index contributed by atoms with van der Waals surface area (Å²) in [6.07, 6.45) is 1.09. The molecule has 1 nitrogen and oxygen atoms in total. The number of hydrogen-bond acceptors (Lipinski definition) is 1. The molecule has 0 spiro atoms. The van der Waals surface area contributed by atoms with Crippen molar-refractivity contribution in [3.8, 4) is 0 Å². The Hall–Kier alpha value is -1.60. The predicted octanol–water partition coefficient (Wildman–Crippen LogP) is 4.41. The van der Waals surface area contributed by atoms with E-state index in [2.05, 4.69) is 74.6 Å². The molecular formula is C18H23N. The van der Waals surface area contributed by atoms with E-state index in [1.54, 1.807) is 0 Å². The zero-order chi connectivity index (χ0) is 13.7. The second-order valence-electron chi connectivity index (χ2n) is 5.14. The Bertz CT molecular complexity index is 513. The quantitative estimate of drug-likeness (QED) is 0.832. The molecule has 0 aromatic heterocycles. The minimum absolute atomic E-state index is 0.380. The van der Waals surface area contributed by atoms with Crippen molar-refractivity contribution in [1.82, 2.24) is 5.32 Å². The topological polar surface area (TPSA) is 12.0 Å². The number of hydrogen-bond donors (Lipinski definition) is 1. The van der Waals surface area contributed by atoms with E-state index in [9.17, 15) is 0 Å². The van der Waals surface area contributed by atoms with Gasteiger partial charge in [-0.25, -0.2) is 0 Å². The smallest absolute Gasteiger partial charge is 0.0294 e. The molecule has 0 amide bonds. The van der Waals surface area contributed by atoms with Crippen molar-refractivity contribution in [3.05, 3.63) is 70.8 Å². The van der Waals surface area contributed by atoms with Crippen LogP contribution in [0.15, 0.2) is 48.5 Å². The number of aryl methyl sites for hydroxylation is 2. The molecule has 0 aliphatic rings. The van der Waals surface area contributed by atoms with E-state index < -0.39 is 0 Å². The van der Waals surface area contributed by atoms with Crippen LogP contribution in [0.25, 0.3) is 0 Å². The normalized spacial score (nSPS) is 12.4. The number of nitrogens with one attached hydrogen (secondary N) is 1. The van der Waals surface area contributed by atoms with Gasteiger partial charge < -0.3 is 5.32 Å². The third-order valence-corrected chi connectivity index (χ3v) is 3.68. The summed E-state index contributed by atoms with van der Waals surface area (Å²) in [4.78, 5) is 0. The average Bonchev–Trinajstić information content (AvgIpc) is 2.45. The van der Waals surface area contributed by atoms with Gasteiger partial charge in [-0.2, -0.15) is 0 Å². The summed E-state index contributed by atoms with van der Waals surface area (Å²) >= 11 is 0. The first kappa shape index (κ1) is 13.8. The maximum absolute atomic E-state index is 3.61. The van der Waals surface area contributed by atoms with Gasteiger partial charge in [-0.3, -0.25) is 0 Å². The van der Waals surface area contributed by atoms with Gasteiger partial charge in [-0.05, 0) is 37.0 Å². The van der Waals surface area contributed by atoms with Gasteiger partial charge in [0.1, 0.15) is 0 Å². The van der Waals surface area contributed by atoms with Crippen molar-refractivity contribution in [2.24, 2.45) is 0 Å². The molecule has 1 atom stereocenters. The van der Waals surface area contributed by atoms with Crippen LogP contribution in [0, 0.1) is 6.92 Å². The van der Waals surface area contributed by atoms with Gasteiger partial charge in [0.15, 0.2) is 0 Å². The van der Waals surface area contributed by atoms with Crippen molar-refractivity contribution in [2.75, 3.05) is 0 Å².